The number of ether oxygens (including phenoxy) is 1. The van der Waals surface area contributed by atoms with E-state index in [1.165, 1.54) is 0 Å². The van der Waals surface area contributed by atoms with Crippen LogP contribution in [0, 0.1) is 0 Å². The number of aromatic hydroxyl groups is 1. The van der Waals surface area contributed by atoms with Crippen LogP contribution in [0.4, 0.5) is 5.69 Å². The van der Waals surface area contributed by atoms with Gasteiger partial charge < -0.3 is 15.2 Å². The molecule has 4 nitrogen and oxygen atoms in total. The molecule has 1 atom stereocenters. The Morgan fingerprint density at radius 3 is 2.95 bits per heavy atom. The number of aromatic nitrogens is 1. The predicted octanol–water partition coefficient (Wildman–Crippen LogP) is 3.67. The lowest BCUT2D eigenvalue weighted by Crippen LogP contribution is -2.12. The van der Waals surface area contributed by atoms with Crippen LogP contribution in [0.15, 0.2) is 36.5 Å². The molecular weight excluding hydrogens is 264 g/mol. The molecule has 0 spiro atoms. The molecule has 0 bridgehead atoms. The van der Waals surface area contributed by atoms with Crippen molar-refractivity contribution < 1.29 is 9.84 Å². The summed E-state index contributed by atoms with van der Waals surface area (Å²) < 4.78 is 5.74. The van der Waals surface area contributed by atoms with Gasteiger partial charge in [-0.1, -0.05) is 12.1 Å². The van der Waals surface area contributed by atoms with E-state index in [1.54, 1.807) is 12.3 Å². The third kappa shape index (κ3) is 2.79. The molecule has 1 heterocycles. The number of benzene rings is 1. The van der Waals surface area contributed by atoms with Crippen LogP contribution in [0.3, 0.4) is 0 Å². The predicted molar refractivity (Wildman–Crippen MR) is 82.8 cm³/mol. The summed E-state index contributed by atoms with van der Waals surface area (Å²) in [5, 5.41) is 13.4. The van der Waals surface area contributed by atoms with Crippen LogP contribution in [0.2, 0.25) is 0 Å². The van der Waals surface area contributed by atoms with Crippen LogP contribution < -0.4 is 10.1 Å². The largest absolute Gasteiger partial charge is 0.508 e. The van der Waals surface area contributed by atoms with Gasteiger partial charge in [0, 0.05) is 6.20 Å². The van der Waals surface area contributed by atoms with E-state index in [9.17, 15) is 5.11 Å². The molecule has 0 saturated heterocycles. The summed E-state index contributed by atoms with van der Waals surface area (Å²) in [7, 11) is 0. The third-order valence-electron chi connectivity index (χ3n) is 3.69. The zero-order valence-electron chi connectivity index (χ0n) is 12.3. The summed E-state index contributed by atoms with van der Waals surface area (Å²) in [5.74, 6) is 1.02. The van der Waals surface area contributed by atoms with Gasteiger partial charge in [0.15, 0.2) is 0 Å². The molecule has 0 saturated carbocycles. The summed E-state index contributed by atoms with van der Waals surface area (Å²) >= 11 is 0. The molecule has 1 unspecified atom stereocenters. The minimum atomic E-state index is 0.0837. The van der Waals surface area contributed by atoms with Crippen molar-refractivity contribution in [1.29, 1.82) is 0 Å². The van der Waals surface area contributed by atoms with Crippen molar-refractivity contribution >= 4 is 5.69 Å². The van der Waals surface area contributed by atoms with E-state index in [1.807, 2.05) is 32.0 Å². The maximum atomic E-state index is 9.92. The van der Waals surface area contributed by atoms with Crippen LogP contribution in [0.5, 0.6) is 11.6 Å². The summed E-state index contributed by atoms with van der Waals surface area (Å²) in [6, 6.07) is 9.77. The fraction of sp³-hybridized carbons (Fsp3) is 0.353. The van der Waals surface area contributed by atoms with Gasteiger partial charge in [-0.3, -0.25) is 0 Å². The van der Waals surface area contributed by atoms with E-state index < -0.39 is 0 Å². The molecule has 21 heavy (non-hydrogen) atoms. The second-order valence-electron chi connectivity index (χ2n) is 5.60. The van der Waals surface area contributed by atoms with Crippen molar-refractivity contribution in [3.05, 3.63) is 47.7 Å². The lowest BCUT2D eigenvalue weighted by molar-refractivity contribution is 0.234. The van der Waals surface area contributed by atoms with E-state index >= 15 is 0 Å². The van der Waals surface area contributed by atoms with Crippen LogP contribution >= 0.6 is 0 Å². The first-order valence-corrected chi connectivity index (χ1v) is 7.34. The quantitative estimate of drug-likeness (QED) is 0.899. The smallest absolute Gasteiger partial charge is 0.237 e. The Hall–Kier alpha value is -2.23. The van der Waals surface area contributed by atoms with Crippen molar-refractivity contribution in [1.82, 2.24) is 4.98 Å². The van der Waals surface area contributed by atoms with Crippen molar-refractivity contribution in [2.75, 3.05) is 5.32 Å². The van der Waals surface area contributed by atoms with Crippen molar-refractivity contribution in [2.24, 2.45) is 0 Å². The van der Waals surface area contributed by atoms with Crippen LogP contribution in [-0.4, -0.2) is 16.2 Å². The maximum Gasteiger partial charge on any atom is 0.237 e. The number of phenolic OH excluding ortho intramolecular Hbond substituents is 1. The Morgan fingerprint density at radius 2 is 2.14 bits per heavy atom. The molecule has 0 aliphatic heterocycles. The van der Waals surface area contributed by atoms with Gasteiger partial charge in [-0.2, -0.15) is 0 Å². The van der Waals surface area contributed by atoms with Gasteiger partial charge in [-0.05, 0) is 56.0 Å². The van der Waals surface area contributed by atoms with E-state index in [0.29, 0.717) is 11.6 Å². The highest BCUT2D eigenvalue weighted by atomic mass is 16.5. The van der Waals surface area contributed by atoms with E-state index in [-0.39, 0.29) is 12.1 Å². The fourth-order valence-corrected chi connectivity index (χ4v) is 2.79. The molecule has 0 amide bonds. The minimum absolute atomic E-state index is 0.0837. The van der Waals surface area contributed by atoms with E-state index in [4.69, 9.17) is 4.74 Å². The zero-order chi connectivity index (χ0) is 14.8. The SMILES string of the molecule is CC(C)Oc1ncccc1NC1CCc2c(O)cccc21. The van der Waals surface area contributed by atoms with Crippen molar-refractivity contribution in [3.8, 4) is 11.6 Å². The molecule has 0 radical (unpaired) electrons. The van der Waals surface area contributed by atoms with Crippen LogP contribution in [-0.2, 0) is 6.42 Å². The highest BCUT2D eigenvalue weighted by molar-refractivity contribution is 5.56. The average Bonchev–Trinajstić information content (AvgIpc) is 2.85. The van der Waals surface area contributed by atoms with Gasteiger partial charge in [-0.15, -0.1) is 0 Å². The van der Waals surface area contributed by atoms with Crippen LogP contribution in [0.25, 0.3) is 0 Å². The van der Waals surface area contributed by atoms with Gasteiger partial charge in [0.1, 0.15) is 5.75 Å². The topological polar surface area (TPSA) is 54.4 Å². The number of nitrogens with zero attached hydrogens (tertiary/aromatic N) is 1. The number of anilines is 1. The van der Waals surface area contributed by atoms with Crippen molar-refractivity contribution in [3.63, 3.8) is 0 Å². The Morgan fingerprint density at radius 1 is 1.29 bits per heavy atom. The number of pyridine rings is 1. The first kappa shape index (κ1) is 13.7. The molecule has 1 aromatic carbocycles. The number of rotatable bonds is 4. The Balaban J connectivity index is 1.85. The fourth-order valence-electron chi connectivity index (χ4n) is 2.79. The molecule has 3 rings (SSSR count). The Labute approximate surface area is 124 Å². The zero-order valence-corrected chi connectivity index (χ0v) is 12.3. The van der Waals surface area contributed by atoms with Gasteiger partial charge >= 0.3 is 0 Å². The molecule has 0 fully saturated rings. The highest BCUT2D eigenvalue weighted by Gasteiger charge is 2.25. The second kappa shape index (κ2) is 5.64. The van der Waals surface area contributed by atoms with E-state index in [2.05, 4.69) is 16.4 Å². The van der Waals surface area contributed by atoms with Gasteiger partial charge in [0.2, 0.25) is 5.88 Å². The lowest BCUT2D eigenvalue weighted by atomic mass is 10.1. The molecule has 2 N–H and O–H groups in total. The van der Waals surface area contributed by atoms with E-state index in [0.717, 1.165) is 29.7 Å². The number of hydrogen-bond donors (Lipinski definition) is 2. The molecule has 1 aliphatic carbocycles. The monoisotopic (exact) mass is 284 g/mol. The number of nitrogens with one attached hydrogen (secondary N) is 1. The standard InChI is InChI=1S/C17H20N2O2/c1-11(2)21-17-15(6-4-10-18-17)19-14-9-8-13-12(14)5-3-7-16(13)20/h3-7,10-11,14,19-20H,8-9H2,1-2H3. The summed E-state index contributed by atoms with van der Waals surface area (Å²) in [5.41, 5.74) is 3.10. The maximum absolute atomic E-state index is 9.92. The number of phenols is 1. The number of hydrogen-bond acceptors (Lipinski definition) is 4. The first-order chi connectivity index (χ1) is 10.1. The average molecular weight is 284 g/mol. The molecule has 1 aliphatic rings. The molecule has 110 valence electrons. The first-order valence-electron chi connectivity index (χ1n) is 7.34. The lowest BCUT2D eigenvalue weighted by Gasteiger charge is -2.19. The van der Waals surface area contributed by atoms with Gasteiger partial charge in [0.05, 0.1) is 17.8 Å². The summed E-state index contributed by atoms with van der Waals surface area (Å²) in [6.07, 6.45) is 3.67. The second-order valence-corrected chi connectivity index (χ2v) is 5.60. The normalized spacial score (nSPS) is 16.8. The minimum Gasteiger partial charge on any atom is -0.508 e. The van der Waals surface area contributed by atoms with Gasteiger partial charge in [-0.25, -0.2) is 4.98 Å². The summed E-state index contributed by atoms with van der Waals surface area (Å²) in [4.78, 5) is 4.30. The van der Waals surface area contributed by atoms with Crippen LogP contribution in [0.1, 0.15) is 37.4 Å². The summed E-state index contributed by atoms with van der Waals surface area (Å²) in [6.45, 7) is 3.97. The molecular formula is C17H20N2O2. The molecule has 1 aromatic heterocycles. The molecule has 2 aromatic rings. The third-order valence-corrected chi connectivity index (χ3v) is 3.69. The highest BCUT2D eigenvalue weighted by Crippen LogP contribution is 2.39. The number of fused-ring (bicyclic) bond motifs is 1. The van der Waals surface area contributed by atoms with Crippen molar-refractivity contribution in [2.45, 2.75) is 38.8 Å². The molecule has 4 heteroatoms. The van der Waals surface area contributed by atoms with Gasteiger partial charge in [0.25, 0.3) is 0 Å². The Bertz CT molecular complexity index is 640. The Kier molecular flexibility index (Phi) is 3.69.